The van der Waals surface area contributed by atoms with E-state index in [1.165, 1.54) is 30.2 Å². The van der Waals surface area contributed by atoms with Crippen LogP contribution in [0.5, 0.6) is 0 Å². The molecule has 0 bridgehead atoms. The zero-order valence-corrected chi connectivity index (χ0v) is 23.5. The highest BCUT2D eigenvalue weighted by Gasteiger charge is 2.41. The van der Waals surface area contributed by atoms with Crippen LogP contribution in [0.3, 0.4) is 0 Å². The van der Waals surface area contributed by atoms with Gasteiger partial charge in [-0.3, -0.25) is 9.59 Å². The van der Waals surface area contributed by atoms with Crippen molar-refractivity contribution in [2.45, 2.75) is 51.1 Å². The Labute approximate surface area is 226 Å². The summed E-state index contributed by atoms with van der Waals surface area (Å²) in [5.41, 5.74) is 2.37. The molecule has 2 aliphatic rings. The predicted molar refractivity (Wildman–Crippen MR) is 147 cm³/mol. The van der Waals surface area contributed by atoms with Gasteiger partial charge < -0.3 is 15.1 Å². The van der Waals surface area contributed by atoms with Crippen LogP contribution in [0.25, 0.3) is 10.4 Å². The molecule has 1 unspecified atom stereocenters. The maximum absolute atomic E-state index is 13.4. The minimum absolute atomic E-state index is 0.00746. The molecule has 1 aliphatic carbocycles. The lowest BCUT2D eigenvalue weighted by Gasteiger charge is -2.24. The number of carbonyl (C=O) groups is 2. The van der Waals surface area contributed by atoms with Gasteiger partial charge in [-0.1, -0.05) is 17.4 Å². The fourth-order valence-electron chi connectivity index (χ4n) is 4.72. The lowest BCUT2D eigenvalue weighted by atomic mass is 10.0. The van der Waals surface area contributed by atoms with E-state index < -0.39 is 10.0 Å². The summed E-state index contributed by atoms with van der Waals surface area (Å²) < 4.78 is 28.5. The summed E-state index contributed by atoms with van der Waals surface area (Å²) in [5.74, 6) is 1.14. The summed E-state index contributed by atoms with van der Waals surface area (Å²) in [6, 6.07) is 8.86. The third-order valence-electron chi connectivity index (χ3n) is 7.20. The topological polar surface area (TPSA) is 125 Å². The molecule has 0 saturated heterocycles. The van der Waals surface area contributed by atoms with Gasteiger partial charge in [0, 0.05) is 26.6 Å². The molecule has 1 aliphatic heterocycles. The number of nitrogens with one attached hydrogen (secondary N) is 2. The van der Waals surface area contributed by atoms with Crippen LogP contribution in [-0.4, -0.2) is 55.2 Å². The van der Waals surface area contributed by atoms with Crippen LogP contribution in [0, 0.1) is 12.8 Å². The molecule has 2 aromatic heterocycles. The van der Waals surface area contributed by atoms with Crippen molar-refractivity contribution in [2.24, 2.45) is 5.92 Å². The summed E-state index contributed by atoms with van der Waals surface area (Å²) in [6.45, 7) is 5.75. The predicted octanol–water partition coefficient (Wildman–Crippen LogP) is 3.90. The number of anilines is 3. The molecule has 12 heteroatoms. The number of rotatable bonds is 8. The molecule has 38 heavy (non-hydrogen) atoms. The number of benzene rings is 1. The van der Waals surface area contributed by atoms with Gasteiger partial charge in [0.2, 0.25) is 15.9 Å². The Bertz CT molecular complexity index is 1550. The van der Waals surface area contributed by atoms with Crippen molar-refractivity contribution >= 4 is 49.9 Å². The molecule has 1 fully saturated rings. The lowest BCUT2D eigenvalue weighted by molar-refractivity contribution is -0.116. The third kappa shape index (κ3) is 4.79. The van der Waals surface area contributed by atoms with Crippen LogP contribution in [-0.2, 0) is 21.4 Å². The molecular weight excluding hydrogens is 524 g/mol. The summed E-state index contributed by atoms with van der Waals surface area (Å²) in [4.78, 5) is 38.2. The van der Waals surface area contributed by atoms with E-state index in [-0.39, 0.29) is 28.3 Å². The van der Waals surface area contributed by atoms with E-state index in [1.54, 1.807) is 36.2 Å². The number of amides is 2. The Hall–Kier alpha value is -3.35. The molecule has 0 radical (unpaired) electrons. The summed E-state index contributed by atoms with van der Waals surface area (Å²) >= 11 is 1.37. The van der Waals surface area contributed by atoms with Gasteiger partial charge in [0.1, 0.15) is 11.6 Å². The quantitative estimate of drug-likeness (QED) is 0.433. The number of sulfonamides is 1. The second kappa shape index (κ2) is 9.75. The average Bonchev–Trinajstić information content (AvgIpc) is 3.60. The zero-order chi connectivity index (χ0) is 27.4. The number of fused-ring (bicyclic) bond motifs is 1. The van der Waals surface area contributed by atoms with Crippen molar-refractivity contribution in [3.63, 3.8) is 0 Å². The molecule has 1 aromatic carbocycles. The van der Waals surface area contributed by atoms with E-state index in [4.69, 9.17) is 0 Å². The molecule has 0 spiro atoms. The number of carbonyl (C=O) groups excluding carboxylic acids is 2. The molecule has 1 atom stereocenters. The first-order valence-electron chi connectivity index (χ1n) is 12.4. The van der Waals surface area contributed by atoms with E-state index in [0.717, 1.165) is 23.4 Å². The van der Waals surface area contributed by atoms with Gasteiger partial charge in [-0.25, -0.2) is 23.1 Å². The van der Waals surface area contributed by atoms with Gasteiger partial charge in [0.05, 0.1) is 21.0 Å². The summed E-state index contributed by atoms with van der Waals surface area (Å²) in [5, 5.41) is 3.77. The molecule has 1 saturated carbocycles. The smallest absolute Gasteiger partial charge is 0.256 e. The number of hydrogen-bond donors (Lipinski definition) is 2. The minimum Gasteiger partial charge on any atom is -0.331 e. The number of aromatic nitrogens is 2. The van der Waals surface area contributed by atoms with Crippen LogP contribution < -0.4 is 14.9 Å². The van der Waals surface area contributed by atoms with Gasteiger partial charge >= 0.3 is 0 Å². The van der Waals surface area contributed by atoms with Crippen LogP contribution >= 0.6 is 11.3 Å². The first kappa shape index (κ1) is 26.3. The number of nitrogens with zero attached hydrogens (tertiary/aromatic N) is 4. The number of hydrogen-bond acceptors (Lipinski definition) is 8. The van der Waals surface area contributed by atoms with Crippen molar-refractivity contribution in [1.82, 2.24) is 19.6 Å². The molecule has 3 aromatic rings. The normalized spacial score (nSPS) is 15.9. The summed E-state index contributed by atoms with van der Waals surface area (Å²) in [6.07, 6.45) is 2.18. The van der Waals surface area contributed by atoms with E-state index >= 15 is 0 Å². The van der Waals surface area contributed by atoms with E-state index in [9.17, 15) is 18.0 Å². The Morgan fingerprint density at radius 2 is 1.97 bits per heavy atom. The van der Waals surface area contributed by atoms with Gasteiger partial charge in [0.15, 0.2) is 5.13 Å². The maximum atomic E-state index is 13.4. The van der Waals surface area contributed by atoms with Gasteiger partial charge in [-0.2, -0.15) is 0 Å². The van der Waals surface area contributed by atoms with Crippen LogP contribution in [0.15, 0.2) is 35.2 Å². The number of pyridine rings is 1. The third-order valence-corrected chi connectivity index (χ3v) is 9.76. The highest BCUT2D eigenvalue weighted by molar-refractivity contribution is 7.89. The maximum Gasteiger partial charge on any atom is 0.256 e. The Morgan fingerprint density at radius 3 is 2.63 bits per heavy atom. The van der Waals surface area contributed by atoms with Gasteiger partial charge in [0.25, 0.3) is 5.91 Å². The lowest BCUT2D eigenvalue weighted by Crippen LogP contribution is -2.35. The van der Waals surface area contributed by atoms with Crippen molar-refractivity contribution in [2.75, 3.05) is 24.3 Å². The molecule has 2 amide bonds. The van der Waals surface area contributed by atoms with Crippen molar-refractivity contribution in [3.8, 4) is 10.4 Å². The number of thiazole rings is 1. The first-order chi connectivity index (χ1) is 18.0. The fourth-order valence-corrected chi connectivity index (χ4v) is 6.67. The molecular formula is C26H30N6O4S2. The van der Waals surface area contributed by atoms with Crippen molar-refractivity contribution in [3.05, 3.63) is 47.2 Å². The Balaban J connectivity index is 1.51. The second-order valence-corrected chi connectivity index (χ2v) is 12.6. The molecule has 200 valence electrons. The van der Waals surface area contributed by atoms with Gasteiger partial charge in [-0.05, 0) is 75.0 Å². The zero-order valence-electron chi connectivity index (χ0n) is 21.9. The van der Waals surface area contributed by atoms with Gasteiger partial charge in [-0.15, -0.1) is 0 Å². The standard InChI is InChI=1S/C26H30N6O4S2/c1-14-24(37-26(28-14)30-21-7-6-8-22(29-21)31(5)16(3)33)18-11-19-13-32(15(2)17-9-10-17)25(34)23(19)20(12-18)38(35,36)27-4/h6-8,11-12,15,17,27H,9-10,13H2,1-5H3,(H,28,29,30). The van der Waals surface area contributed by atoms with Crippen LogP contribution in [0.4, 0.5) is 16.8 Å². The highest BCUT2D eigenvalue weighted by Crippen LogP contribution is 2.42. The molecule has 10 nitrogen and oxygen atoms in total. The van der Waals surface area contributed by atoms with Crippen LogP contribution in [0.1, 0.15) is 48.3 Å². The highest BCUT2D eigenvalue weighted by atomic mass is 32.2. The summed E-state index contributed by atoms with van der Waals surface area (Å²) in [7, 11) is -0.881. The fraction of sp³-hybridized carbons (Fsp3) is 0.385. The SMILES string of the molecule is CNS(=O)(=O)c1cc(-c2sc(Nc3cccc(N(C)C(C)=O)n3)nc2C)cc2c1C(=O)N(C(C)C1CC1)C2. The average molecular weight is 555 g/mol. The Kier molecular flexibility index (Phi) is 6.74. The largest absolute Gasteiger partial charge is 0.331 e. The van der Waals surface area contributed by atoms with E-state index in [2.05, 4.69) is 20.0 Å². The Morgan fingerprint density at radius 1 is 1.24 bits per heavy atom. The number of aryl methyl sites for hydroxylation is 1. The van der Waals surface area contributed by atoms with E-state index in [1.807, 2.05) is 19.9 Å². The van der Waals surface area contributed by atoms with Crippen molar-refractivity contribution in [1.29, 1.82) is 0 Å². The minimum atomic E-state index is -3.89. The van der Waals surface area contributed by atoms with E-state index in [0.29, 0.717) is 40.4 Å². The monoisotopic (exact) mass is 554 g/mol. The molecule has 2 N–H and O–H groups in total. The molecule has 5 rings (SSSR count). The van der Waals surface area contributed by atoms with Crippen molar-refractivity contribution < 1.29 is 18.0 Å². The molecule has 3 heterocycles. The second-order valence-electron chi connectivity index (χ2n) is 9.74. The van der Waals surface area contributed by atoms with Crippen LogP contribution in [0.2, 0.25) is 0 Å². The first-order valence-corrected chi connectivity index (χ1v) is 14.7.